The summed E-state index contributed by atoms with van der Waals surface area (Å²) in [6.45, 7) is 0. The number of esters is 1. The van der Waals surface area contributed by atoms with Crippen LogP contribution < -0.4 is 11.5 Å². The standard InChI is InChI=1S/C11H11N5O3/c1-18-11(17)6-4-2-3-5-7(6)14-15-8-9(12)16-19-10(8)13/h2-5H,13H2,1H3,(H2,12,16). The first-order chi connectivity index (χ1) is 9.13. The fourth-order valence-electron chi connectivity index (χ4n) is 1.36. The van der Waals surface area contributed by atoms with Gasteiger partial charge in [0.15, 0.2) is 11.5 Å². The summed E-state index contributed by atoms with van der Waals surface area (Å²) in [5.41, 5.74) is 11.7. The van der Waals surface area contributed by atoms with Crippen molar-refractivity contribution in [2.75, 3.05) is 18.6 Å². The summed E-state index contributed by atoms with van der Waals surface area (Å²) >= 11 is 0. The molecule has 0 spiro atoms. The van der Waals surface area contributed by atoms with Crippen LogP contribution in [0.1, 0.15) is 10.4 Å². The number of carbonyl (C=O) groups excluding carboxylic acids is 1. The van der Waals surface area contributed by atoms with Crippen molar-refractivity contribution >= 4 is 29.0 Å². The van der Waals surface area contributed by atoms with E-state index in [0.717, 1.165) is 0 Å². The van der Waals surface area contributed by atoms with Crippen LogP contribution in [0.15, 0.2) is 39.0 Å². The lowest BCUT2D eigenvalue weighted by Crippen LogP contribution is -2.00. The van der Waals surface area contributed by atoms with E-state index < -0.39 is 5.97 Å². The molecule has 1 aromatic heterocycles. The fourth-order valence-corrected chi connectivity index (χ4v) is 1.36. The van der Waals surface area contributed by atoms with Crippen molar-refractivity contribution in [3.63, 3.8) is 0 Å². The quantitative estimate of drug-likeness (QED) is 0.642. The van der Waals surface area contributed by atoms with Gasteiger partial charge in [-0.05, 0) is 12.1 Å². The SMILES string of the molecule is COC(=O)c1ccccc1N=Nc1c(N)noc1N. The van der Waals surface area contributed by atoms with Crippen molar-refractivity contribution in [1.82, 2.24) is 5.16 Å². The second kappa shape index (κ2) is 5.17. The van der Waals surface area contributed by atoms with Crippen LogP contribution in [0.4, 0.5) is 23.1 Å². The Morgan fingerprint density at radius 1 is 1.32 bits per heavy atom. The first kappa shape index (κ1) is 12.6. The highest BCUT2D eigenvalue weighted by atomic mass is 16.5. The lowest BCUT2D eigenvalue weighted by Gasteiger charge is -2.01. The van der Waals surface area contributed by atoms with E-state index in [1.54, 1.807) is 24.3 Å². The van der Waals surface area contributed by atoms with Gasteiger partial charge >= 0.3 is 5.97 Å². The van der Waals surface area contributed by atoms with Crippen LogP contribution in [0.25, 0.3) is 0 Å². The van der Waals surface area contributed by atoms with E-state index in [1.165, 1.54) is 7.11 Å². The summed E-state index contributed by atoms with van der Waals surface area (Å²) in [6.07, 6.45) is 0. The monoisotopic (exact) mass is 261 g/mol. The summed E-state index contributed by atoms with van der Waals surface area (Å²) < 4.78 is 9.28. The minimum Gasteiger partial charge on any atom is -0.465 e. The van der Waals surface area contributed by atoms with Gasteiger partial charge in [0.05, 0.1) is 12.7 Å². The zero-order chi connectivity index (χ0) is 13.8. The largest absolute Gasteiger partial charge is 0.465 e. The Morgan fingerprint density at radius 2 is 2.05 bits per heavy atom. The summed E-state index contributed by atoms with van der Waals surface area (Å²) in [5, 5.41) is 11.2. The second-order valence-electron chi connectivity index (χ2n) is 3.49. The van der Waals surface area contributed by atoms with Gasteiger partial charge in [-0.15, -0.1) is 10.2 Å². The van der Waals surface area contributed by atoms with E-state index in [0.29, 0.717) is 5.69 Å². The number of aromatic nitrogens is 1. The average Bonchev–Trinajstić information content (AvgIpc) is 2.75. The number of carbonyl (C=O) groups is 1. The maximum atomic E-state index is 11.5. The number of azo groups is 1. The second-order valence-corrected chi connectivity index (χ2v) is 3.49. The van der Waals surface area contributed by atoms with E-state index in [2.05, 4.69) is 24.6 Å². The van der Waals surface area contributed by atoms with E-state index in [-0.39, 0.29) is 23.0 Å². The van der Waals surface area contributed by atoms with Crippen LogP contribution in [-0.4, -0.2) is 18.2 Å². The number of benzene rings is 1. The van der Waals surface area contributed by atoms with Gasteiger partial charge < -0.3 is 20.7 Å². The molecule has 0 aliphatic heterocycles. The fraction of sp³-hybridized carbons (Fsp3) is 0.0909. The third-order valence-electron chi connectivity index (χ3n) is 2.29. The highest BCUT2D eigenvalue weighted by Crippen LogP contribution is 2.31. The van der Waals surface area contributed by atoms with Gasteiger partial charge in [-0.2, -0.15) is 0 Å². The molecule has 2 rings (SSSR count). The van der Waals surface area contributed by atoms with Crippen molar-refractivity contribution in [3.05, 3.63) is 29.8 Å². The van der Waals surface area contributed by atoms with Gasteiger partial charge in [0, 0.05) is 0 Å². The molecule has 98 valence electrons. The Balaban J connectivity index is 2.36. The maximum absolute atomic E-state index is 11.5. The van der Waals surface area contributed by atoms with Crippen molar-refractivity contribution in [2.24, 2.45) is 10.2 Å². The zero-order valence-corrected chi connectivity index (χ0v) is 10.0. The lowest BCUT2D eigenvalue weighted by molar-refractivity contribution is 0.0601. The Bertz CT molecular complexity index is 616. The summed E-state index contributed by atoms with van der Waals surface area (Å²) in [7, 11) is 1.28. The van der Waals surface area contributed by atoms with E-state index in [1.807, 2.05) is 0 Å². The molecule has 0 amide bonds. The Kier molecular flexibility index (Phi) is 3.42. The van der Waals surface area contributed by atoms with E-state index >= 15 is 0 Å². The molecule has 0 saturated carbocycles. The Hall–Kier alpha value is -2.90. The van der Waals surface area contributed by atoms with Crippen LogP contribution >= 0.6 is 0 Å². The van der Waals surface area contributed by atoms with Gasteiger partial charge in [-0.25, -0.2) is 4.79 Å². The minimum absolute atomic E-state index is 0.0248. The molecule has 0 aliphatic rings. The molecule has 0 atom stereocenters. The number of hydrogen-bond donors (Lipinski definition) is 2. The molecular formula is C11H11N5O3. The van der Waals surface area contributed by atoms with Crippen molar-refractivity contribution in [3.8, 4) is 0 Å². The van der Waals surface area contributed by atoms with Crippen LogP contribution in [0.3, 0.4) is 0 Å². The van der Waals surface area contributed by atoms with Crippen molar-refractivity contribution in [1.29, 1.82) is 0 Å². The molecular weight excluding hydrogens is 250 g/mol. The topological polar surface area (TPSA) is 129 Å². The van der Waals surface area contributed by atoms with Gasteiger partial charge in [0.25, 0.3) is 5.88 Å². The van der Waals surface area contributed by atoms with E-state index in [4.69, 9.17) is 11.5 Å². The zero-order valence-electron chi connectivity index (χ0n) is 10.0. The first-order valence-corrected chi connectivity index (χ1v) is 5.23. The number of ether oxygens (including phenoxy) is 1. The third kappa shape index (κ3) is 2.51. The van der Waals surface area contributed by atoms with Crippen LogP contribution in [0, 0.1) is 0 Å². The van der Waals surface area contributed by atoms with Gasteiger partial charge in [0.2, 0.25) is 0 Å². The maximum Gasteiger partial charge on any atom is 0.340 e. The molecule has 0 aliphatic carbocycles. The number of nitrogens with two attached hydrogens (primary N) is 2. The number of rotatable bonds is 3. The number of hydrogen-bond acceptors (Lipinski definition) is 8. The average molecular weight is 261 g/mol. The summed E-state index contributed by atoms with van der Waals surface area (Å²) in [6, 6.07) is 6.57. The number of anilines is 2. The molecule has 2 aromatic rings. The molecule has 0 radical (unpaired) electrons. The lowest BCUT2D eigenvalue weighted by atomic mass is 10.2. The molecule has 0 unspecified atom stereocenters. The van der Waals surface area contributed by atoms with Gasteiger partial charge in [0.1, 0.15) is 5.69 Å². The van der Waals surface area contributed by atoms with Gasteiger partial charge in [-0.1, -0.05) is 17.3 Å². The van der Waals surface area contributed by atoms with Gasteiger partial charge in [-0.3, -0.25) is 0 Å². The predicted octanol–water partition coefficient (Wildman–Crippen LogP) is 2.04. The highest BCUT2D eigenvalue weighted by Gasteiger charge is 2.12. The first-order valence-electron chi connectivity index (χ1n) is 5.23. The molecule has 19 heavy (non-hydrogen) atoms. The number of nitrogens with zero attached hydrogens (tertiary/aromatic N) is 3. The molecule has 1 aromatic carbocycles. The van der Waals surface area contributed by atoms with Crippen LogP contribution in [0.5, 0.6) is 0 Å². The minimum atomic E-state index is -0.513. The molecule has 0 saturated heterocycles. The molecule has 8 nitrogen and oxygen atoms in total. The molecule has 0 bridgehead atoms. The smallest absolute Gasteiger partial charge is 0.340 e. The van der Waals surface area contributed by atoms with E-state index in [9.17, 15) is 4.79 Å². The summed E-state index contributed by atoms with van der Waals surface area (Å²) in [4.78, 5) is 11.5. The Labute approximate surface area is 108 Å². The number of methoxy groups -OCH3 is 1. The third-order valence-corrected chi connectivity index (χ3v) is 2.29. The number of nitrogen functional groups attached to an aromatic ring is 2. The Morgan fingerprint density at radius 3 is 2.68 bits per heavy atom. The van der Waals surface area contributed by atoms with Crippen molar-refractivity contribution < 1.29 is 14.1 Å². The molecule has 4 N–H and O–H groups in total. The predicted molar refractivity (Wildman–Crippen MR) is 67.3 cm³/mol. The van der Waals surface area contributed by atoms with Crippen LogP contribution in [-0.2, 0) is 4.74 Å². The highest BCUT2D eigenvalue weighted by molar-refractivity contribution is 5.94. The molecule has 1 heterocycles. The van der Waals surface area contributed by atoms with Crippen LogP contribution in [0.2, 0.25) is 0 Å². The normalized spacial score (nSPS) is 10.8. The molecule has 0 fully saturated rings. The molecule has 8 heteroatoms. The summed E-state index contributed by atoms with van der Waals surface area (Å²) in [5.74, 6) is -0.533. The van der Waals surface area contributed by atoms with Crippen molar-refractivity contribution in [2.45, 2.75) is 0 Å².